The van der Waals surface area contributed by atoms with Gasteiger partial charge in [0.1, 0.15) is 17.2 Å². The normalized spacial score (nSPS) is 15.8. The molecule has 4 aromatic rings. The fourth-order valence-electron chi connectivity index (χ4n) is 4.65. The van der Waals surface area contributed by atoms with Crippen LogP contribution in [0.1, 0.15) is 17.3 Å². The molecule has 0 saturated carbocycles. The third kappa shape index (κ3) is 5.78. The summed E-state index contributed by atoms with van der Waals surface area (Å²) in [5.74, 6) is 0.558. The van der Waals surface area contributed by atoms with E-state index in [4.69, 9.17) is 0 Å². The fourth-order valence-corrected chi connectivity index (χ4v) is 7.37. The first kappa shape index (κ1) is 27.1. The van der Waals surface area contributed by atoms with Gasteiger partial charge in [-0.05, 0) is 19.1 Å². The molecule has 1 saturated heterocycles. The number of anilines is 1. The highest BCUT2D eigenvalue weighted by Gasteiger charge is 2.31. The summed E-state index contributed by atoms with van der Waals surface area (Å²) in [7, 11) is -0.160. The van der Waals surface area contributed by atoms with Crippen molar-refractivity contribution in [2.45, 2.75) is 17.2 Å². The van der Waals surface area contributed by atoms with Crippen molar-refractivity contribution in [1.82, 2.24) is 29.1 Å². The van der Waals surface area contributed by atoms with Crippen LogP contribution in [0.25, 0.3) is 21.5 Å². The molecule has 12 heteroatoms. The Bertz CT molecular complexity index is 1570. The van der Waals surface area contributed by atoms with Crippen LogP contribution >= 0.6 is 11.3 Å². The van der Waals surface area contributed by atoms with Crippen molar-refractivity contribution in [3.05, 3.63) is 66.6 Å². The van der Waals surface area contributed by atoms with Gasteiger partial charge in [-0.15, -0.1) is 11.3 Å². The molecule has 0 aliphatic carbocycles. The fraction of sp³-hybridized carbons (Fsp3) is 0.333. The van der Waals surface area contributed by atoms with Gasteiger partial charge >= 0.3 is 0 Å². The van der Waals surface area contributed by atoms with Gasteiger partial charge in [0, 0.05) is 63.8 Å². The van der Waals surface area contributed by atoms with Gasteiger partial charge in [-0.3, -0.25) is 9.69 Å². The summed E-state index contributed by atoms with van der Waals surface area (Å²) in [4.78, 5) is 29.5. The van der Waals surface area contributed by atoms with Gasteiger partial charge < -0.3 is 10.2 Å². The molecule has 204 valence electrons. The maximum absolute atomic E-state index is 13.3. The molecule has 0 bridgehead atoms. The zero-order valence-corrected chi connectivity index (χ0v) is 23.7. The van der Waals surface area contributed by atoms with Crippen molar-refractivity contribution < 1.29 is 13.2 Å². The molecule has 5 rings (SSSR count). The van der Waals surface area contributed by atoms with Gasteiger partial charge in [0.05, 0.1) is 17.3 Å². The summed E-state index contributed by atoms with van der Waals surface area (Å²) < 4.78 is 28.4. The number of piperazine rings is 1. The Morgan fingerprint density at radius 1 is 1.03 bits per heavy atom. The number of thiazole rings is 1. The van der Waals surface area contributed by atoms with E-state index < -0.39 is 10.0 Å². The number of benzene rings is 2. The van der Waals surface area contributed by atoms with E-state index in [1.54, 1.807) is 24.5 Å². The highest BCUT2D eigenvalue weighted by atomic mass is 32.2. The SMILES string of the molecule is C[C@@H](CN1CCN(S(=O)(=O)c2cnc(-c3ccccc3)s2)CC1)Nc1ncnc2c(C(=O)N(C)C)cccc12. The van der Waals surface area contributed by atoms with E-state index in [1.165, 1.54) is 28.8 Å². The standard InChI is InChI=1S/C27H31N7O3S2/c1-19(31-25-21-10-7-11-22(27(35)32(2)3)24(21)29-18-30-25)17-33-12-14-34(15-13-33)39(36,37)23-16-28-26(38-23)20-8-5-4-6-9-20/h4-11,16,18-19H,12-15,17H2,1-3H3,(H,29,30,31)/t19-/m0/s1. The van der Waals surface area contributed by atoms with E-state index >= 15 is 0 Å². The number of nitrogens with zero attached hydrogens (tertiary/aromatic N) is 6. The molecule has 3 heterocycles. The summed E-state index contributed by atoms with van der Waals surface area (Å²) >= 11 is 1.20. The van der Waals surface area contributed by atoms with E-state index in [2.05, 4.69) is 32.1 Å². The number of carbonyl (C=O) groups is 1. The second-order valence-electron chi connectivity index (χ2n) is 9.72. The number of aromatic nitrogens is 3. The summed E-state index contributed by atoms with van der Waals surface area (Å²) in [5, 5.41) is 4.94. The zero-order chi connectivity index (χ0) is 27.6. The second kappa shape index (κ2) is 11.3. The van der Waals surface area contributed by atoms with Gasteiger partial charge in [-0.25, -0.2) is 23.4 Å². The summed E-state index contributed by atoms with van der Waals surface area (Å²) in [6.45, 7) is 4.87. The lowest BCUT2D eigenvalue weighted by atomic mass is 10.1. The van der Waals surface area contributed by atoms with Crippen LogP contribution in [-0.4, -0.2) is 96.2 Å². The molecule has 10 nitrogen and oxygen atoms in total. The van der Waals surface area contributed by atoms with Crippen LogP contribution < -0.4 is 5.32 Å². The average molecular weight is 566 g/mol. The Hall–Kier alpha value is -3.45. The molecule has 0 unspecified atom stereocenters. The Morgan fingerprint density at radius 2 is 1.77 bits per heavy atom. The zero-order valence-electron chi connectivity index (χ0n) is 22.1. The van der Waals surface area contributed by atoms with Gasteiger partial charge in [0.25, 0.3) is 15.9 Å². The number of amides is 1. The molecule has 1 atom stereocenters. The van der Waals surface area contributed by atoms with Gasteiger partial charge in [0.2, 0.25) is 0 Å². The number of carbonyl (C=O) groups excluding carboxylic acids is 1. The van der Waals surface area contributed by atoms with Crippen LogP contribution in [-0.2, 0) is 10.0 Å². The summed E-state index contributed by atoms with van der Waals surface area (Å²) in [6, 6.07) is 15.2. The lowest BCUT2D eigenvalue weighted by molar-refractivity contribution is 0.0829. The van der Waals surface area contributed by atoms with Crippen molar-refractivity contribution in [1.29, 1.82) is 0 Å². The van der Waals surface area contributed by atoms with Crippen LogP contribution in [0.5, 0.6) is 0 Å². The van der Waals surface area contributed by atoms with Crippen LogP contribution in [0.15, 0.2) is 65.3 Å². The Balaban J connectivity index is 1.21. The van der Waals surface area contributed by atoms with Gasteiger partial charge in [-0.1, -0.05) is 36.4 Å². The first-order valence-corrected chi connectivity index (χ1v) is 15.0. The van der Waals surface area contributed by atoms with Crippen molar-refractivity contribution in [3.8, 4) is 10.6 Å². The first-order chi connectivity index (χ1) is 18.7. The predicted octanol–water partition coefficient (Wildman–Crippen LogP) is 3.26. The molecule has 1 amide bonds. The predicted molar refractivity (Wildman–Crippen MR) is 153 cm³/mol. The van der Waals surface area contributed by atoms with Crippen LogP contribution in [0.3, 0.4) is 0 Å². The maximum atomic E-state index is 13.3. The van der Waals surface area contributed by atoms with Crippen molar-refractivity contribution in [2.75, 3.05) is 52.1 Å². The Morgan fingerprint density at radius 3 is 2.49 bits per heavy atom. The Labute approximate surface area is 232 Å². The number of hydrogen-bond donors (Lipinski definition) is 1. The second-order valence-corrected chi connectivity index (χ2v) is 12.9. The van der Waals surface area contributed by atoms with E-state index in [1.807, 2.05) is 42.5 Å². The van der Waals surface area contributed by atoms with Crippen LogP contribution in [0.2, 0.25) is 0 Å². The molecule has 1 fully saturated rings. The minimum absolute atomic E-state index is 0.0365. The first-order valence-electron chi connectivity index (χ1n) is 12.7. The van der Waals surface area contributed by atoms with Gasteiger partial charge in [-0.2, -0.15) is 4.31 Å². The van der Waals surface area contributed by atoms with Gasteiger partial charge in [0.15, 0.2) is 4.21 Å². The van der Waals surface area contributed by atoms with E-state index in [-0.39, 0.29) is 16.2 Å². The third-order valence-corrected chi connectivity index (χ3v) is 10.0. The van der Waals surface area contributed by atoms with Crippen molar-refractivity contribution in [2.24, 2.45) is 0 Å². The molecular formula is C27H31N7O3S2. The number of rotatable bonds is 8. The number of para-hydroxylation sites is 1. The number of sulfonamides is 1. The molecule has 1 aliphatic rings. The number of hydrogen-bond acceptors (Lipinski definition) is 9. The van der Waals surface area contributed by atoms with Crippen LogP contribution in [0, 0.1) is 0 Å². The molecule has 0 radical (unpaired) electrons. The molecule has 1 aliphatic heterocycles. The molecular weight excluding hydrogens is 534 g/mol. The van der Waals surface area contributed by atoms with E-state index in [9.17, 15) is 13.2 Å². The van der Waals surface area contributed by atoms with Crippen molar-refractivity contribution >= 4 is 44.0 Å². The topological polar surface area (TPSA) is 112 Å². The van der Waals surface area contributed by atoms with E-state index in [0.29, 0.717) is 54.6 Å². The lowest BCUT2D eigenvalue weighted by Gasteiger charge is -2.35. The monoisotopic (exact) mass is 565 g/mol. The molecule has 2 aromatic carbocycles. The Kier molecular flexibility index (Phi) is 7.89. The molecule has 2 aromatic heterocycles. The summed E-state index contributed by atoms with van der Waals surface area (Å²) in [5.41, 5.74) is 2.05. The number of fused-ring (bicyclic) bond motifs is 1. The largest absolute Gasteiger partial charge is 0.366 e. The molecule has 39 heavy (non-hydrogen) atoms. The maximum Gasteiger partial charge on any atom is 0.255 e. The smallest absolute Gasteiger partial charge is 0.255 e. The van der Waals surface area contributed by atoms with E-state index in [0.717, 1.165) is 10.9 Å². The molecule has 0 spiro atoms. The highest BCUT2D eigenvalue weighted by Crippen LogP contribution is 2.30. The minimum Gasteiger partial charge on any atom is -0.366 e. The highest BCUT2D eigenvalue weighted by molar-refractivity contribution is 7.91. The lowest BCUT2D eigenvalue weighted by Crippen LogP contribution is -2.50. The average Bonchev–Trinajstić information content (AvgIpc) is 3.45. The van der Waals surface area contributed by atoms with Crippen molar-refractivity contribution in [3.63, 3.8) is 0 Å². The number of nitrogens with one attached hydrogen (secondary N) is 1. The van der Waals surface area contributed by atoms with Crippen LogP contribution in [0.4, 0.5) is 5.82 Å². The molecule has 1 N–H and O–H groups in total. The minimum atomic E-state index is -3.59. The quantitative estimate of drug-likeness (QED) is 0.347. The summed E-state index contributed by atoms with van der Waals surface area (Å²) in [6.07, 6.45) is 2.93. The third-order valence-electron chi connectivity index (χ3n) is 6.65.